The molecular weight excluding hydrogens is 238 g/mol. The third-order valence-electron chi connectivity index (χ3n) is 3.55. The van der Waals surface area contributed by atoms with Gasteiger partial charge >= 0.3 is 0 Å². The Hall–Kier alpha value is -1.32. The second-order valence-corrected chi connectivity index (χ2v) is 5.94. The molecule has 0 unspecified atom stereocenters. The molecule has 1 aliphatic carbocycles. The zero-order valence-electron chi connectivity index (χ0n) is 12.5. The number of nitrogens with zero attached hydrogens (tertiary/aromatic N) is 2. The van der Waals surface area contributed by atoms with Crippen LogP contribution in [-0.4, -0.2) is 22.6 Å². The fraction of sp³-hybridized carbons (Fsp3) is 0.733. The average molecular weight is 263 g/mol. The van der Waals surface area contributed by atoms with Crippen LogP contribution in [0.3, 0.4) is 0 Å². The molecule has 0 spiro atoms. The van der Waals surface area contributed by atoms with E-state index in [9.17, 15) is 0 Å². The molecule has 1 aliphatic rings. The van der Waals surface area contributed by atoms with Gasteiger partial charge < -0.3 is 10.1 Å². The normalized spacial score (nSPS) is 16.5. The van der Waals surface area contributed by atoms with Crippen LogP contribution in [-0.2, 0) is 0 Å². The van der Waals surface area contributed by atoms with Crippen molar-refractivity contribution in [1.82, 2.24) is 9.97 Å². The summed E-state index contributed by atoms with van der Waals surface area (Å²) in [6.07, 6.45) is 5.33. The van der Waals surface area contributed by atoms with E-state index < -0.39 is 0 Å². The maximum absolute atomic E-state index is 5.64. The largest absolute Gasteiger partial charge is 0.475 e. The summed E-state index contributed by atoms with van der Waals surface area (Å²) in [4.78, 5) is 8.85. The quantitative estimate of drug-likeness (QED) is 0.817. The van der Waals surface area contributed by atoms with Gasteiger partial charge in [0.2, 0.25) is 11.8 Å². The van der Waals surface area contributed by atoms with Gasteiger partial charge in [-0.2, -0.15) is 4.98 Å². The average Bonchev–Trinajstić information content (AvgIpc) is 3.06. The van der Waals surface area contributed by atoms with Gasteiger partial charge in [-0.05, 0) is 45.4 Å². The Balaban J connectivity index is 1.98. The van der Waals surface area contributed by atoms with Crippen molar-refractivity contribution < 1.29 is 4.74 Å². The topological polar surface area (TPSA) is 47.0 Å². The van der Waals surface area contributed by atoms with Gasteiger partial charge in [-0.1, -0.05) is 13.3 Å². The van der Waals surface area contributed by atoms with Crippen molar-refractivity contribution in [3.63, 3.8) is 0 Å². The van der Waals surface area contributed by atoms with E-state index in [1.807, 2.05) is 26.8 Å². The molecule has 1 fully saturated rings. The van der Waals surface area contributed by atoms with Crippen molar-refractivity contribution in [3.8, 4) is 5.88 Å². The maximum Gasteiger partial charge on any atom is 0.226 e. The van der Waals surface area contributed by atoms with Crippen LogP contribution in [0.2, 0.25) is 0 Å². The molecule has 19 heavy (non-hydrogen) atoms. The van der Waals surface area contributed by atoms with Gasteiger partial charge in [-0.15, -0.1) is 0 Å². The van der Waals surface area contributed by atoms with Crippen LogP contribution in [0.15, 0.2) is 6.07 Å². The first-order valence-corrected chi connectivity index (χ1v) is 7.29. The lowest BCUT2D eigenvalue weighted by Gasteiger charge is -2.16. The summed E-state index contributed by atoms with van der Waals surface area (Å²) in [6.45, 7) is 9.21. The van der Waals surface area contributed by atoms with E-state index in [0.29, 0.717) is 17.2 Å². The molecule has 106 valence electrons. The predicted octanol–water partition coefficient (Wildman–Crippen LogP) is 3.56. The van der Waals surface area contributed by atoms with Crippen LogP contribution in [0.5, 0.6) is 5.88 Å². The van der Waals surface area contributed by atoms with E-state index in [2.05, 4.69) is 22.2 Å². The second-order valence-electron chi connectivity index (χ2n) is 5.94. The number of ether oxygens (including phenoxy) is 1. The maximum atomic E-state index is 5.64. The van der Waals surface area contributed by atoms with E-state index in [-0.39, 0.29) is 6.10 Å². The number of anilines is 1. The Kier molecular flexibility index (Phi) is 4.27. The minimum atomic E-state index is 0.136. The third-order valence-corrected chi connectivity index (χ3v) is 3.55. The molecule has 1 saturated carbocycles. The Labute approximate surface area is 116 Å². The monoisotopic (exact) mass is 263 g/mol. The van der Waals surface area contributed by atoms with Crippen molar-refractivity contribution in [2.75, 3.05) is 11.9 Å². The summed E-state index contributed by atoms with van der Waals surface area (Å²) in [5.74, 6) is 1.35. The minimum Gasteiger partial charge on any atom is -0.475 e. The molecule has 1 heterocycles. The number of hydrogen-bond donors (Lipinski definition) is 1. The van der Waals surface area contributed by atoms with E-state index in [0.717, 1.165) is 12.2 Å². The molecule has 0 radical (unpaired) electrons. The summed E-state index contributed by atoms with van der Waals surface area (Å²) in [7, 11) is 0. The van der Waals surface area contributed by atoms with Crippen LogP contribution in [0, 0.1) is 12.3 Å². The van der Waals surface area contributed by atoms with Crippen LogP contribution in [0.1, 0.15) is 52.1 Å². The van der Waals surface area contributed by atoms with Crippen LogP contribution < -0.4 is 10.1 Å². The van der Waals surface area contributed by atoms with Gasteiger partial charge in [0, 0.05) is 18.3 Å². The Bertz CT molecular complexity index is 427. The van der Waals surface area contributed by atoms with Gasteiger partial charge in [-0.3, -0.25) is 0 Å². The lowest BCUT2D eigenvalue weighted by Crippen LogP contribution is -2.17. The zero-order chi connectivity index (χ0) is 13.9. The molecule has 2 rings (SSSR count). The van der Waals surface area contributed by atoms with E-state index in [1.54, 1.807) is 0 Å². The van der Waals surface area contributed by atoms with Crippen molar-refractivity contribution in [2.24, 2.45) is 5.41 Å². The summed E-state index contributed by atoms with van der Waals surface area (Å²) in [5, 5.41) is 3.38. The fourth-order valence-electron chi connectivity index (χ4n) is 2.41. The molecule has 4 nitrogen and oxygen atoms in total. The predicted molar refractivity (Wildman–Crippen MR) is 77.6 cm³/mol. The smallest absolute Gasteiger partial charge is 0.226 e. The molecule has 0 aliphatic heterocycles. The first-order valence-electron chi connectivity index (χ1n) is 7.29. The SMILES string of the molecule is CCCC1(CNc2nc(C)cc(OC(C)C)n2)CC1. The van der Waals surface area contributed by atoms with Gasteiger partial charge in [0.15, 0.2) is 0 Å². The highest BCUT2D eigenvalue weighted by molar-refractivity contribution is 5.31. The zero-order valence-corrected chi connectivity index (χ0v) is 12.5. The number of nitrogens with one attached hydrogen (secondary N) is 1. The first kappa shape index (κ1) is 14.1. The highest BCUT2D eigenvalue weighted by atomic mass is 16.5. The molecule has 0 amide bonds. The fourth-order valence-corrected chi connectivity index (χ4v) is 2.41. The molecule has 0 atom stereocenters. The number of rotatable bonds is 7. The molecule has 0 aromatic carbocycles. The molecular formula is C15H25N3O. The number of aromatic nitrogens is 2. The number of aryl methyl sites for hydroxylation is 1. The molecule has 0 saturated heterocycles. The van der Waals surface area contributed by atoms with E-state index in [1.165, 1.54) is 25.7 Å². The highest BCUT2D eigenvalue weighted by Gasteiger charge is 2.41. The molecule has 1 N–H and O–H groups in total. The Morgan fingerprint density at radius 1 is 1.37 bits per heavy atom. The first-order chi connectivity index (χ1) is 9.03. The summed E-state index contributed by atoms with van der Waals surface area (Å²) >= 11 is 0. The lowest BCUT2D eigenvalue weighted by molar-refractivity contribution is 0.232. The van der Waals surface area contributed by atoms with E-state index in [4.69, 9.17) is 4.74 Å². The molecule has 1 aromatic rings. The van der Waals surface area contributed by atoms with Crippen molar-refractivity contribution in [1.29, 1.82) is 0 Å². The molecule has 0 bridgehead atoms. The Morgan fingerprint density at radius 3 is 2.68 bits per heavy atom. The Morgan fingerprint density at radius 2 is 2.11 bits per heavy atom. The van der Waals surface area contributed by atoms with Gasteiger partial charge in [-0.25, -0.2) is 4.98 Å². The van der Waals surface area contributed by atoms with E-state index >= 15 is 0 Å². The second kappa shape index (κ2) is 5.76. The van der Waals surface area contributed by atoms with Gasteiger partial charge in [0.05, 0.1) is 6.10 Å². The minimum absolute atomic E-state index is 0.136. The van der Waals surface area contributed by atoms with Crippen LogP contribution >= 0.6 is 0 Å². The molecule has 1 aromatic heterocycles. The summed E-state index contributed by atoms with van der Waals surface area (Å²) in [6, 6.07) is 1.88. The van der Waals surface area contributed by atoms with Crippen molar-refractivity contribution in [2.45, 2.75) is 59.5 Å². The number of hydrogen-bond acceptors (Lipinski definition) is 4. The third kappa shape index (κ3) is 4.08. The lowest BCUT2D eigenvalue weighted by atomic mass is 10.0. The highest BCUT2D eigenvalue weighted by Crippen LogP contribution is 2.49. The van der Waals surface area contributed by atoms with Gasteiger partial charge in [0.25, 0.3) is 0 Å². The molecule has 4 heteroatoms. The van der Waals surface area contributed by atoms with Crippen LogP contribution in [0.4, 0.5) is 5.95 Å². The van der Waals surface area contributed by atoms with Gasteiger partial charge in [0.1, 0.15) is 0 Å². The van der Waals surface area contributed by atoms with Crippen molar-refractivity contribution >= 4 is 5.95 Å². The standard InChI is InChI=1S/C15H25N3O/c1-5-6-15(7-8-15)10-16-14-17-12(4)9-13(18-14)19-11(2)3/h9,11H,5-8,10H2,1-4H3,(H,16,17,18). The van der Waals surface area contributed by atoms with Crippen LogP contribution in [0.25, 0.3) is 0 Å². The van der Waals surface area contributed by atoms with Crippen molar-refractivity contribution in [3.05, 3.63) is 11.8 Å². The summed E-state index contributed by atoms with van der Waals surface area (Å²) < 4.78 is 5.64. The summed E-state index contributed by atoms with van der Waals surface area (Å²) in [5.41, 5.74) is 1.44.